The summed E-state index contributed by atoms with van der Waals surface area (Å²) in [4.78, 5) is 2.53. The van der Waals surface area contributed by atoms with Gasteiger partial charge in [-0.1, -0.05) is 30.1 Å². The number of nitrogens with one attached hydrogen (secondary N) is 1. The average molecular weight is 300 g/mol. The van der Waals surface area contributed by atoms with Crippen molar-refractivity contribution in [3.8, 4) is 10.4 Å². The molecule has 0 amide bonds. The highest BCUT2D eigenvalue weighted by Gasteiger charge is 2.05. The molecule has 0 aliphatic rings. The smallest absolute Gasteiger partial charge is 0.0427 e. The van der Waals surface area contributed by atoms with E-state index in [0.29, 0.717) is 10.0 Å². The van der Waals surface area contributed by atoms with Gasteiger partial charge in [0.15, 0.2) is 0 Å². The summed E-state index contributed by atoms with van der Waals surface area (Å²) in [6, 6.07) is 9.92. The molecule has 1 heterocycles. The van der Waals surface area contributed by atoms with Gasteiger partial charge in [0.25, 0.3) is 0 Å². The van der Waals surface area contributed by atoms with Crippen LogP contribution in [0.1, 0.15) is 18.2 Å². The van der Waals surface area contributed by atoms with E-state index in [1.165, 1.54) is 9.75 Å². The molecular weight excluding hydrogens is 285 g/mol. The minimum Gasteiger partial charge on any atom is -0.312 e. The summed E-state index contributed by atoms with van der Waals surface area (Å²) in [6.07, 6.45) is 1.15. The maximum Gasteiger partial charge on any atom is 0.0427 e. The molecule has 18 heavy (non-hydrogen) atoms. The van der Waals surface area contributed by atoms with Gasteiger partial charge < -0.3 is 5.32 Å². The fourth-order valence-corrected chi connectivity index (χ4v) is 3.20. The normalized spacial score (nSPS) is 10.8. The highest BCUT2D eigenvalue weighted by atomic mass is 35.5. The SMILES string of the molecule is CCCNCc1ccc(-c2cc(Cl)cc(Cl)c2)s1. The molecule has 0 fully saturated rings. The van der Waals surface area contributed by atoms with Crippen LogP contribution in [0.25, 0.3) is 10.4 Å². The molecule has 0 atom stereocenters. The van der Waals surface area contributed by atoms with Gasteiger partial charge in [-0.05, 0) is 48.9 Å². The summed E-state index contributed by atoms with van der Waals surface area (Å²) in [5, 5.41) is 4.75. The molecule has 0 spiro atoms. The molecular formula is C14H15Cl2NS. The van der Waals surface area contributed by atoms with Gasteiger partial charge in [0, 0.05) is 26.3 Å². The first-order valence-corrected chi connectivity index (χ1v) is 7.52. The van der Waals surface area contributed by atoms with Gasteiger partial charge in [-0.25, -0.2) is 0 Å². The molecule has 2 rings (SSSR count). The number of hydrogen-bond donors (Lipinski definition) is 1. The van der Waals surface area contributed by atoms with Gasteiger partial charge in [-0.3, -0.25) is 0 Å². The third-order valence-electron chi connectivity index (χ3n) is 2.53. The van der Waals surface area contributed by atoms with E-state index in [2.05, 4.69) is 24.4 Å². The zero-order valence-electron chi connectivity index (χ0n) is 10.2. The van der Waals surface area contributed by atoms with Gasteiger partial charge in [0.05, 0.1) is 0 Å². The second-order valence-corrected chi connectivity index (χ2v) is 6.14. The van der Waals surface area contributed by atoms with Crippen molar-refractivity contribution >= 4 is 34.5 Å². The van der Waals surface area contributed by atoms with Gasteiger partial charge in [-0.15, -0.1) is 11.3 Å². The van der Waals surface area contributed by atoms with Crippen molar-refractivity contribution in [3.05, 3.63) is 45.3 Å². The summed E-state index contributed by atoms with van der Waals surface area (Å²) in [5.41, 5.74) is 1.08. The van der Waals surface area contributed by atoms with Gasteiger partial charge >= 0.3 is 0 Å². The fourth-order valence-electron chi connectivity index (χ4n) is 1.71. The standard InChI is InChI=1S/C14H15Cl2NS/c1-2-5-17-9-13-3-4-14(18-13)10-6-11(15)8-12(16)7-10/h3-4,6-8,17H,2,5,9H2,1H3. The van der Waals surface area contributed by atoms with E-state index in [9.17, 15) is 0 Å². The third kappa shape index (κ3) is 3.72. The Labute approximate surface area is 122 Å². The van der Waals surface area contributed by atoms with Crippen LogP contribution in [0, 0.1) is 0 Å². The largest absolute Gasteiger partial charge is 0.312 e. The molecule has 0 bridgehead atoms. The molecule has 1 N–H and O–H groups in total. The Hall–Kier alpha value is -0.540. The van der Waals surface area contributed by atoms with Crippen molar-refractivity contribution in [2.45, 2.75) is 19.9 Å². The highest BCUT2D eigenvalue weighted by molar-refractivity contribution is 7.15. The molecule has 96 valence electrons. The predicted molar refractivity (Wildman–Crippen MR) is 81.8 cm³/mol. The Morgan fingerprint density at radius 2 is 1.83 bits per heavy atom. The Morgan fingerprint density at radius 1 is 1.11 bits per heavy atom. The monoisotopic (exact) mass is 299 g/mol. The minimum absolute atomic E-state index is 0.677. The van der Waals surface area contributed by atoms with Gasteiger partial charge in [0.1, 0.15) is 0 Å². The van der Waals surface area contributed by atoms with E-state index in [-0.39, 0.29) is 0 Å². The van der Waals surface area contributed by atoms with Crippen molar-refractivity contribution in [1.82, 2.24) is 5.32 Å². The zero-order valence-corrected chi connectivity index (χ0v) is 12.5. The maximum absolute atomic E-state index is 6.02. The van der Waals surface area contributed by atoms with E-state index < -0.39 is 0 Å². The summed E-state index contributed by atoms with van der Waals surface area (Å²) < 4.78 is 0. The first-order chi connectivity index (χ1) is 8.69. The maximum atomic E-state index is 6.02. The molecule has 0 saturated heterocycles. The van der Waals surface area contributed by atoms with Gasteiger partial charge in [0.2, 0.25) is 0 Å². The lowest BCUT2D eigenvalue weighted by atomic mass is 10.2. The lowest BCUT2D eigenvalue weighted by Gasteiger charge is -2.01. The second kappa shape index (κ2) is 6.58. The Morgan fingerprint density at radius 3 is 2.50 bits per heavy atom. The summed E-state index contributed by atoms with van der Waals surface area (Å²) in [7, 11) is 0. The third-order valence-corrected chi connectivity index (χ3v) is 4.11. The number of halogens is 2. The van der Waals surface area contributed by atoms with Crippen LogP contribution in [0.15, 0.2) is 30.3 Å². The quantitative estimate of drug-likeness (QED) is 0.746. The van der Waals surface area contributed by atoms with Crippen molar-refractivity contribution in [2.75, 3.05) is 6.54 Å². The number of rotatable bonds is 5. The topological polar surface area (TPSA) is 12.0 Å². The van der Waals surface area contributed by atoms with Crippen LogP contribution in [-0.2, 0) is 6.54 Å². The molecule has 4 heteroatoms. The number of thiophene rings is 1. The zero-order chi connectivity index (χ0) is 13.0. The van der Waals surface area contributed by atoms with Gasteiger partial charge in [-0.2, -0.15) is 0 Å². The lowest BCUT2D eigenvalue weighted by Crippen LogP contribution is -2.12. The first-order valence-electron chi connectivity index (χ1n) is 5.95. The van der Waals surface area contributed by atoms with E-state index in [1.807, 2.05) is 12.1 Å². The van der Waals surface area contributed by atoms with Crippen LogP contribution in [-0.4, -0.2) is 6.54 Å². The molecule has 1 aromatic heterocycles. The first kappa shape index (κ1) is 13.9. The van der Waals surface area contributed by atoms with Crippen molar-refractivity contribution in [1.29, 1.82) is 0 Å². The van der Waals surface area contributed by atoms with Crippen LogP contribution in [0.5, 0.6) is 0 Å². The minimum atomic E-state index is 0.677. The number of benzene rings is 1. The van der Waals surface area contributed by atoms with Crippen LogP contribution >= 0.6 is 34.5 Å². The molecule has 0 saturated carbocycles. The van der Waals surface area contributed by atoms with E-state index in [1.54, 1.807) is 17.4 Å². The van der Waals surface area contributed by atoms with Crippen molar-refractivity contribution < 1.29 is 0 Å². The predicted octanol–water partition coefficient (Wildman–Crippen LogP) is 5.22. The molecule has 0 aliphatic heterocycles. The average Bonchev–Trinajstić information content (AvgIpc) is 2.77. The molecule has 2 aromatic rings. The Kier molecular flexibility index (Phi) is 5.07. The molecule has 0 aliphatic carbocycles. The lowest BCUT2D eigenvalue weighted by molar-refractivity contribution is 0.681. The Bertz CT molecular complexity index is 502. The molecule has 1 aromatic carbocycles. The molecule has 1 nitrogen and oxygen atoms in total. The van der Waals surface area contributed by atoms with E-state index in [0.717, 1.165) is 25.1 Å². The molecule has 0 radical (unpaired) electrons. The van der Waals surface area contributed by atoms with Crippen molar-refractivity contribution in [2.24, 2.45) is 0 Å². The van der Waals surface area contributed by atoms with E-state index >= 15 is 0 Å². The second-order valence-electron chi connectivity index (χ2n) is 4.10. The highest BCUT2D eigenvalue weighted by Crippen LogP contribution is 2.32. The summed E-state index contributed by atoms with van der Waals surface area (Å²) in [5.74, 6) is 0. The van der Waals surface area contributed by atoms with E-state index in [4.69, 9.17) is 23.2 Å². The van der Waals surface area contributed by atoms with Crippen LogP contribution < -0.4 is 5.32 Å². The summed E-state index contributed by atoms with van der Waals surface area (Å²) in [6.45, 7) is 4.14. The Balaban J connectivity index is 2.13. The number of hydrogen-bond acceptors (Lipinski definition) is 2. The fraction of sp³-hybridized carbons (Fsp3) is 0.286. The van der Waals surface area contributed by atoms with Crippen molar-refractivity contribution in [3.63, 3.8) is 0 Å². The van der Waals surface area contributed by atoms with Crippen LogP contribution in [0.3, 0.4) is 0 Å². The molecule has 0 unspecified atom stereocenters. The van der Waals surface area contributed by atoms with Crippen LogP contribution in [0.4, 0.5) is 0 Å². The summed E-state index contributed by atoms with van der Waals surface area (Å²) >= 11 is 13.8. The van der Waals surface area contributed by atoms with Crippen LogP contribution in [0.2, 0.25) is 10.0 Å².